The van der Waals surface area contributed by atoms with Crippen LogP contribution in [0, 0.1) is 0 Å². The maximum absolute atomic E-state index is 11.1. The standard InChI is InChI=1S/C17H17BrO6S/c1-25(19,20)23-11-13-10-22-16-8-15(14(18)7-17(16)24-13)21-9-12-5-3-2-4-6-12/h2-8,13H,9-11H2,1H3/t13-/m1/s1. The maximum atomic E-state index is 11.1. The van der Waals surface area contributed by atoms with Crippen molar-refractivity contribution in [3.63, 3.8) is 0 Å². The first kappa shape index (κ1) is 18.0. The van der Waals surface area contributed by atoms with E-state index in [0.717, 1.165) is 16.3 Å². The molecule has 0 N–H and O–H groups in total. The Balaban J connectivity index is 1.66. The highest BCUT2D eigenvalue weighted by Crippen LogP contribution is 2.40. The largest absolute Gasteiger partial charge is 0.488 e. The number of ether oxygens (including phenoxy) is 3. The second kappa shape index (κ2) is 7.63. The van der Waals surface area contributed by atoms with Crippen molar-refractivity contribution in [3.05, 3.63) is 52.5 Å². The van der Waals surface area contributed by atoms with Crippen LogP contribution in [-0.2, 0) is 20.9 Å². The van der Waals surface area contributed by atoms with Crippen molar-refractivity contribution in [2.45, 2.75) is 12.7 Å². The summed E-state index contributed by atoms with van der Waals surface area (Å²) >= 11 is 3.45. The quantitative estimate of drug-likeness (QED) is 0.658. The third-order valence-electron chi connectivity index (χ3n) is 3.42. The minimum absolute atomic E-state index is 0.0951. The fraction of sp³-hybridized carbons (Fsp3) is 0.294. The molecule has 1 aliphatic rings. The van der Waals surface area contributed by atoms with Crippen LogP contribution in [0.15, 0.2) is 46.9 Å². The van der Waals surface area contributed by atoms with Gasteiger partial charge in [-0.15, -0.1) is 0 Å². The lowest BCUT2D eigenvalue weighted by atomic mass is 10.2. The molecule has 134 valence electrons. The summed E-state index contributed by atoms with van der Waals surface area (Å²) in [4.78, 5) is 0. The van der Waals surface area contributed by atoms with Crippen LogP contribution >= 0.6 is 15.9 Å². The van der Waals surface area contributed by atoms with Crippen molar-refractivity contribution >= 4 is 26.0 Å². The second-order valence-electron chi connectivity index (χ2n) is 5.54. The van der Waals surface area contributed by atoms with Crippen molar-refractivity contribution in [3.8, 4) is 17.2 Å². The zero-order chi connectivity index (χ0) is 17.9. The molecule has 2 aromatic carbocycles. The summed E-state index contributed by atoms with van der Waals surface area (Å²) in [5, 5.41) is 0. The molecular formula is C17H17BrO6S. The average Bonchev–Trinajstić information content (AvgIpc) is 2.58. The third-order valence-corrected chi connectivity index (χ3v) is 4.61. The third kappa shape index (κ3) is 5.10. The molecule has 0 aliphatic carbocycles. The van der Waals surface area contributed by atoms with E-state index in [4.69, 9.17) is 18.4 Å². The molecule has 3 rings (SSSR count). The zero-order valence-electron chi connectivity index (χ0n) is 13.5. The number of benzene rings is 2. The van der Waals surface area contributed by atoms with Gasteiger partial charge in [-0.05, 0) is 21.5 Å². The normalized spacial score (nSPS) is 16.5. The molecule has 0 fully saturated rings. The molecular weight excluding hydrogens is 412 g/mol. The van der Waals surface area contributed by atoms with Crippen LogP contribution in [0.5, 0.6) is 17.2 Å². The minimum Gasteiger partial charge on any atom is -0.488 e. The predicted octanol–water partition coefficient (Wildman–Crippen LogP) is 3.14. The Labute approximate surface area is 154 Å². The number of hydrogen-bond donors (Lipinski definition) is 0. The molecule has 0 amide bonds. The lowest BCUT2D eigenvalue weighted by Gasteiger charge is -2.26. The zero-order valence-corrected chi connectivity index (χ0v) is 15.9. The van der Waals surface area contributed by atoms with E-state index in [9.17, 15) is 8.42 Å². The van der Waals surface area contributed by atoms with E-state index >= 15 is 0 Å². The Morgan fingerprint density at radius 1 is 1.20 bits per heavy atom. The first-order valence-corrected chi connectivity index (χ1v) is 10.2. The average molecular weight is 429 g/mol. The fourth-order valence-corrected chi connectivity index (χ4v) is 3.08. The van der Waals surface area contributed by atoms with Crippen molar-refractivity contribution in [1.82, 2.24) is 0 Å². The highest BCUT2D eigenvalue weighted by Gasteiger charge is 2.24. The summed E-state index contributed by atoms with van der Waals surface area (Å²) in [5.74, 6) is 1.69. The molecule has 0 unspecified atom stereocenters. The predicted molar refractivity (Wildman–Crippen MR) is 95.6 cm³/mol. The summed E-state index contributed by atoms with van der Waals surface area (Å²) in [5.41, 5.74) is 1.06. The van der Waals surface area contributed by atoms with Gasteiger partial charge in [-0.25, -0.2) is 0 Å². The number of halogens is 1. The SMILES string of the molecule is CS(=O)(=O)OC[C@H]1COc2cc(OCc3ccccc3)c(Br)cc2O1. The number of fused-ring (bicyclic) bond motifs is 1. The molecule has 1 atom stereocenters. The second-order valence-corrected chi connectivity index (χ2v) is 8.04. The Hall–Kier alpha value is -1.77. The van der Waals surface area contributed by atoms with E-state index in [0.29, 0.717) is 23.9 Å². The lowest BCUT2D eigenvalue weighted by Crippen LogP contribution is -2.34. The van der Waals surface area contributed by atoms with Gasteiger partial charge in [-0.3, -0.25) is 4.18 Å². The highest BCUT2D eigenvalue weighted by molar-refractivity contribution is 9.10. The van der Waals surface area contributed by atoms with Gasteiger partial charge < -0.3 is 14.2 Å². The van der Waals surface area contributed by atoms with E-state index in [1.54, 1.807) is 12.1 Å². The first-order valence-electron chi connectivity index (χ1n) is 7.55. The Morgan fingerprint density at radius 3 is 2.68 bits per heavy atom. The number of rotatable bonds is 6. The Bertz CT molecular complexity index is 838. The maximum Gasteiger partial charge on any atom is 0.264 e. The van der Waals surface area contributed by atoms with Crippen LogP contribution in [0.4, 0.5) is 0 Å². The smallest absolute Gasteiger partial charge is 0.264 e. The molecule has 8 heteroatoms. The van der Waals surface area contributed by atoms with Crippen LogP contribution in [0.1, 0.15) is 5.56 Å². The lowest BCUT2D eigenvalue weighted by molar-refractivity contribution is 0.0553. The summed E-state index contributed by atoms with van der Waals surface area (Å²) in [6, 6.07) is 13.3. The van der Waals surface area contributed by atoms with Gasteiger partial charge in [0.1, 0.15) is 25.6 Å². The number of hydrogen-bond acceptors (Lipinski definition) is 6. The fourth-order valence-electron chi connectivity index (χ4n) is 2.25. The molecule has 25 heavy (non-hydrogen) atoms. The van der Waals surface area contributed by atoms with Crippen LogP contribution in [0.2, 0.25) is 0 Å². The van der Waals surface area contributed by atoms with Crippen molar-refractivity contribution in [1.29, 1.82) is 0 Å². The van der Waals surface area contributed by atoms with Crippen molar-refractivity contribution in [2.75, 3.05) is 19.5 Å². The molecule has 6 nitrogen and oxygen atoms in total. The summed E-state index contributed by atoms with van der Waals surface area (Å²) < 4.78 is 44.8. The van der Waals surface area contributed by atoms with E-state index in [-0.39, 0.29) is 13.2 Å². The van der Waals surface area contributed by atoms with E-state index in [1.807, 2.05) is 30.3 Å². The van der Waals surface area contributed by atoms with Gasteiger partial charge in [-0.1, -0.05) is 30.3 Å². The molecule has 0 saturated heterocycles. The molecule has 0 radical (unpaired) electrons. The Kier molecular flexibility index (Phi) is 5.51. The molecule has 1 aliphatic heterocycles. The summed E-state index contributed by atoms with van der Waals surface area (Å²) in [6.07, 6.45) is 0.502. The van der Waals surface area contributed by atoms with Gasteiger partial charge in [-0.2, -0.15) is 8.42 Å². The molecule has 0 saturated carbocycles. The van der Waals surface area contributed by atoms with E-state index < -0.39 is 16.2 Å². The minimum atomic E-state index is -3.51. The Morgan fingerprint density at radius 2 is 1.96 bits per heavy atom. The van der Waals surface area contributed by atoms with Gasteiger partial charge in [0.25, 0.3) is 10.1 Å². The summed E-state index contributed by atoms with van der Waals surface area (Å²) in [7, 11) is -3.51. The van der Waals surface area contributed by atoms with Gasteiger partial charge in [0.05, 0.1) is 10.7 Å². The monoisotopic (exact) mass is 428 g/mol. The van der Waals surface area contributed by atoms with E-state index in [2.05, 4.69) is 15.9 Å². The molecule has 1 heterocycles. The summed E-state index contributed by atoms with van der Waals surface area (Å²) in [6.45, 7) is 0.536. The van der Waals surface area contributed by atoms with Crippen molar-refractivity contribution in [2.24, 2.45) is 0 Å². The molecule has 2 aromatic rings. The van der Waals surface area contributed by atoms with Crippen LogP contribution in [0.25, 0.3) is 0 Å². The van der Waals surface area contributed by atoms with Gasteiger partial charge in [0, 0.05) is 12.1 Å². The van der Waals surface area contributed by atoms with Crippen LogP contribution in [-0.4, -0.2) is 34.0 Å². The molecule has 0 aromatic heterocycles. The van der Waals surface area contributed by atoms with Gasteiger partial charge in [0.2, 0.25) is 0 Å². The van der Waals surface area contributed by atoms with Gasteiger partial charge in [0.15, 0.2) is 17.6 Å². The van der Waals surface area contributed by atoms with E-state index in [1.165, 1.54) is 0 Å². The molecule has 0 bridgehead atoms. The van der Waals surface area contributed by atoms with Crippen LogP contribution < -0.4 is 14.2 Å². The van der Waals surface area contributed by atoms with Crippen LogP contribution in [0.3, 0.4) is 0 Å². The van der Waals surface area contributed by atoms with Gasteiger partial charge >= 0.3 is 0 Å². The highest BCUT2D eigenvalue weighted by atomic mass is 79.9. The first-order chi connectivity index (χ1) is 11.9. The molecule has 0 spiro atoms. The van der Waals surface area contributed by atoms with Crippen molar-refractivity contribution < 1.29 is 26.8 Å². The topological polar surface area (TPSA) is 71.1 Å².